The number of carbonyl (C=O) groups excluding carboxylic acids is 1. The average molecular weight is 488 g/mol. The summed E-state index contributed by atoms with van der Waals surface area (Å²) in [6.07, 6.45) is 8.22. The lowest BCUT2D eigenvalue weighted by atomic mass is 10.1. The summed E-state index contributed by atoms with van der Waals surface area (Å²) in [5.41, 5.74) is 3.24. The van der Waals surface area contributed by atoms with E-state index in [4.69, 9.17) is 21.7 Å². The Morgan fingerprint density at radius 1 is 1.06 bits per heavy atom. The van der Waals surface area contributed by atoms with E-state index in [1.54, 1.807) is 4.90 Å². The molecule has 0 saturated carbocycles. The van der Waals surface area contributed by atoms with Gasteiger partial charge in [0.05, 0.1) is 10.6 Å². The summed E-state index contributed by atoms with van der Waals surface area (Å²) >= 11 is 6.88. The van der Waals surface area contributed by atoms with Crippen LogP contribution < -0.4 is 0 Å². The predicted octanol–water partition coefficient (Wildman–Crippen LogP) is 7.07. The number of para-hydroxylation sites is 2. The lowest BCUT2D eigenvalue weighted by Crippen LogP contribution is -2.28. The molecule has 2 aromatic heterocycles. The Hall–Kier alpha value is -3.16. The first kappa shape index (κ1) is 22.6. The lowest BCUT2D eigenvalue weighted by molar-refractivity contribution is -0.122. The van der Waals surface area contributed by atoms with Crippen molar-refractivity contribution in [1.82, 2.24) is 14.7 Å². The quantitative estimate of drug-likeness (QED) is 0.151. The number of fused-ring (bicyclic) bond motifs is 1. The van der Waals surface area contributed by atoms with E-state index in [1.165, 1.54) is 18.2 Å². The van der Waals surface area contributed by atoms with Crippen molar-refractivity contribution >= 4 is 51.3 Å². The number of unbranched alkanes of at least 4 members (excludes halogenated alkanes) is 3. The molecule has 172 valence electrons. The molecule has 0 bridgehead atoms. The van der Waals surface area contributed by atoms with Gasteiger partial charge in [0, 0.05) is 23.7 Å². The van der Waals surface area contributed by atoms with Crippen LogP contribution in [0.3, 0.4) is 0 Å². The van der Waals surface area contributed by atoms with E-state index >= 15 is 0 Å². The monoisotopic (exact) mass is 487 g/mol. The zero-order chi connectivity index (χ0) is 23.5. The first-order valence-electron chi connectivity index (χ1n) is 11.5. The van der Waals surface area contributed by atoms with Crippen LogP contribution in [-0.2, 0) is 4.79 Å². The van der Waals surface area contributed by atoms with Crippen molar-refractivity contribution in [2.75, 3.05) is 6.54 Å². The molecule has 34 heavy (non-hydrogen) atoms. The molecule has 0 N–H and O–H groups in total. The summed E-state index contributed by atoms with van der Waals surface area (Å²) < 4.78 is 8.56. The summed E-state index contributed by atoms with van der Waals surface area (Å²) in [5.74, 6) is 0.631. The van der Waals surface area contributed by atoms with Gasteiger partial charge in [-0.3, -0.25) is 9.69 Å². The Labute approximate surface area is 208 Å². The second-order valence-electron chi connectivity index (χ2n) is 8.26. The topological polar surface area (TPSA) is 51.3 Å². The molecule has 4 aromatic rings. The normalized spacial score (nSPS) is 15.2. The number of nitrogens with zero attached hydrogens (tertiary/aromatic N) is 3. The number of rotatable bonds is 8. The standard InChI is InChI=1S/C27H25N3O2S2/c1-2-3-4-10-15-29-26(31)24(34-27(29)33)17-20-18-30(21-12-6-5-7-13-21)28-25(20)23-16-19-11-8-9-14-22(19)32-23/h5-9,11-14,16-18H,2-4,10,15H2,1H3. The van der Waals surface area contributed by atoms with Gasteiger partial charge in [0.1, 0.15) is 15.6 Å². The molecule has 7 heteroatoms. The minimum absolute atomic E-state index is 0.0329. The first-order valence-corrected chi connectivity index (χ1v) is 12.8. The Kier molecular flexibility index (Phi) is 6.65. The van der Waals surface area contributed by atoms with Gasteiger partial charge in [-0.2, -0.15) is 5.10 Å². The van der Waals surface area contributed by atoms with E-state index in [9.17, 15) is 4.79 Å². The molecule has 5 rings (SSSR count). The zero-order valence-corrected chi connectivity index (χ0v) is 20.6. The summed E-state index contributed by atoms with van der Waals surface area (Å²) in [6, 6.07) is 19.8. The fraction of sp³-hybridized carbons (Fsp3) is 0.222. The SMILES string of the molecule is CCCCCCN1C(=O)C(=Cc2cn(-c3ccccc3)nc2-c2cc3ccccc3o2)SC1=S. The number of carbonyl (C=O) groups is 1. The summed E-state index contributed by atoms with van der Waals surface area (Å²) in [5, 5.41) is 5.84. The molecule has 0 unspecified atom stereocenters. The van der Waals surface area contributed by atoms with Crippen LogP contribution in [-0.4, -0.2) is 31.5 Å². The molecule has 1 aliphatic rings. The third-order valence-electron chi connectivity index (χ3n) is 5.82. The number of benzene rings is 2. The van der Waals surface area contributed by atoms with Gasteiger partial charge in [0.25, 0.3) is 5.91 Å². The van der Waals surface area contributed by atoms with E-state index in [1.807, 2.05) is 77.6 Å². The van der Waals surface area contributed by atoms with Crippen LogP contribution in [0.2, 0.25) is 0 Å². The molecular formula is C27H25N3O2S2. The molecule has 3 heterocycles. The summed E-state index contributed by atoms with van der Waals surface area (Å²) in [4.78, 5) is 15.5. The maximum absolute atomic E-state index is 13.1. The largest absolute Gasteiger partial charge is 0.454 e. The molecular weight excluding hydrogens is 462 g/mol. The van der Waals surface area contributed by atoms with Gasteiger partial charge >= 0.3 is 0 Å². The van der Waals surface area contributed by atoms with Crippen LogP contribution >= 0.6 is 24.0 Å². The van der Waals surface area contributed by atoms with Crippen LogP contribution in [0, 0.1) is 0 Å². The number of furan rings is 1. The van der Waals surface area contributed by atoms with Crippen molar-refractivity contribution < 1.29 is 9.21 Å². The number of hydrogen-bond acceptors (Lipinski definition) is 5. The number of thioether (sulfide) groups is 1. The van der Waals surface area contributed by atoms with E-state index in [-0.39, 0.29) is 5.91 Å². The molecule has 2 aromatic carbocycles. The molecule has 1 saturated heterocycles. The van der Waals surface area contributed by atoms with Gasteiger partial charge in [-0.15, -0.1) is 0 Å². The van der Waals surface area contributed by atoms with Crippen molar-refractivity contribution in [1.29, 1.82) is 0 Å². The second kappa shape index (κ2) is 9.99. The molecule has 1 aliphatic heterocycles. The summed E-state index contributed by atoms with van der Waals surface area (Å²) in [7, 11) is 0. The maximum atomic E-state index is 13.1. The van der Waals surface area contributed by atoms with Gasteiger partial charge < -0.3 is 4.42 Å². The molecule has 0 aliphatic carbocycles. The minimum atomic E-state index is -0.0329. The maximum Gasteiger partial charge on any atom is 0.266 e. The van der Waals surface area contributed by atoms with Crippen molar-refractivity contribution in [3.63, 3.8) is 0 Å². The van der Waals surface area contributed by atoms with E-state index < -0.39 is 0 Å². The lowest BCUT2D eigenvalue weighted by Gasteiger charge is -2.13. The van der Waals surface area contributed by atoms with Crippen molar-refractivity contribution in [3.05, 3.63) is 77.3 Å². The molecule has 1 fully saturated rings. The highest BCUT2D eigenvalue weighted by molar-refractivity contribution is 8.26. The van der Waals surface area contributed by atoms with E-state index in [0.29, 0.717) is 27.2 Å². The van der Waals surface area contributed by atoms with E-state index in [0.717, 1.165) is 41.5 Å². The highest BCUT2D eigenvalue weighted by Crippen LogP contribution is 2.36. The smallest absolute Gasteiger partial charge is 0.266 e. The number of amides is 1. The van der Waals surface area contributed by atoms with Crippen LogP contribution in [0.15, 0.2) is 76.2 Å². The van der Waals surface area contributed by atoms with Crippen LogP contribution in [0.25, 0.3) is 34.2 Å². The van der Waals surface area contributed by atoms with Crippen LogP contribution in [0.4, 0.5) is 0 Å². The highest BCUT2D eigenvalue weighted by atomic mass is 32.2. The van der Waals surface area contributed by atoms with Crippen LogP contribution in [0.5, 0.6) is 0 Å². The summed E-state index contributed by atoms with van der Waals surface area (Å²) in [6.45, 7) is 2.85. The zero-order valence-electron chi connectivity index (χ0n) is 18.9. The minimum Gasteiger partial charge on any atom is -0.454 e. The molecule has 0 spiro atoms. The molecule has 5 nitrogen and oxygen atoms in total. The van der Waals surface area contributed by atoms with Gasteiger partial charge in [-0.25, -0.2) is 4.68 Å². The van der Waals surface area contributed by atoms with Crippen molar-refractivity contribution in [3.8, 4) is 17.1 Å². The number of aromatic nitrogens is 2. The first-order chi connectivity index (χ1) is 16.6. The van der Waals surface area contributed by atoms with Gasteiger partial charge in [-0.05, 0) is 36.8 Å². The second-order valence-corrected chi connectivity index (χ2v) is 9.93. The fourth-order valence-corrected chi connectivity index (χ4v) is 5.33. The fourth-order valence-electron chi connectivity index (χ4n) is 4.03. The third-order valence-corrected chi connectivity index (χ3v) is 7.20. The number of thiocarbonyl (C=S) groups is 1. The highest BCUT2D eigenvalue weighted by Gasteiger charge is 2.32. The van der Waals surface area contributed by atoms with Crippen molar-refractivity contribution in [2.45, 2.75) is 32.6 Å². The Morgan fingerprint density at radius 3 is 2.65 bits per heavy atom. The van der Waals surface area contributed by atoms with Gasteiger partial charge in [0.2, 0.25) is 0 Å². The Balaban J connectivity index is 1.51. The van der Waals surface area contributed by atoms with Gasteiger partial charge in [0.15, 0.2) is 5.76 Å². The van der Waals surface area contributed by atoms with Crippen molar-refractivity contribution in [2.24, 2.45) is 0 Å². The predicted molar refractivity (Wildman–Crippen MR) is 143 cm³/mol. The third kappa shape index (κ3) is 4.58. The molecule has 0 atom stereocenters. The Morgan fingerprint density at radius 2 is 1.85 bits per heavy atom. The number of hydrogen-bond donors (Lipinski definition) is 0. The molecule has 0 radical (unpaired) electrons. The molecule has 1 amide bonds. The van der Waals surface area contributed by atoms with Crippen LogP contribution in [0.1, 0.15) is 38.2 Å². The van der Waals surface area contributed by atoms with E-state index in [2.05, 4.69) is 6.92 Å². The average Bonchev–Trinajstić information content (AvgIpc) is 3.54. The van der Waals surface area contributed by atoms with Gasteiger partial charge in [-0.1, -0.05) is 86.6 Å². The Bertz CT molecular complexity index is 1340.